The van der Waals surface area contributed by atoms with Crippen LogP contribution >= 0.6 is 0 Å². The summed E-state index contributed by atoms with van der Waals surface area (Å²) in [5, 5.41) is 11.1. The molecule has 0 aliphatic carbocycles. The van der Waals surface area contributed by atoms with E-state index in [1.807, 2.05) is 34.6 Å². The number of carbonyl (C=O) groups is 2. The number of hydrogen-bond acceptors (Lipinski definition) is 5. The largest absolute Gasteiger partial charge is 0.711 e. The number of carbonyl (C=O) groups excluding carboxylic acids is 2. The molecule has 8 heteroatoms. The van der Waals surface area contributed by atoms with Crippen molar-refractivity contribution >= 4 is 12.0 Å². The summed E-state index contributed by atoms with van der Waals surface area (Å²) < 4.78 is 5.93. The van der Waals surface area contributed by atoms with E-state index >= 15 is 0 Å². The van der Waals surface area contributed by atoms with Gasteiger partial charge in [-0.05, 0) is 39.6 Å². The van der Waals surface area contributed by atoms with Crippen LogP contribution in [0.3, 0.4) is 0 Å². The van der Waals surface area contributed by atoms with Gasteiger partial charge in [0.25, 0.3) is 12.2 Å². The van der Waals surface area contributed by atoms with Crippen LogP contribution in [0, 0.1) is 5.21 Å². The molecule has 1 aliphatic rings. The van der Waals surface area contributed by atoms with Crippen molar-refractivity contribution < 1.29 is 19.1 Å². The summed E-state index contributed by atoms with van der Waals surface area (Å²) >= 11 is 0. The maximum absolute atomic E-state index is 12.6. The van der Waals surface area contributed by atoms with Crippen molar-refractivity contribution in [3.63, 3.8) is 0 Å². The first kappa shape index (κ1) is 18.0. The maximum atomic E-state index is 12.6. The molecule has 0 bridgehead atoms. The summed E-state index contributed by atoms with van der Waals surface area (Å²) in [6.45, 7) is 10.4. The third-order valence-electron chi connectivity index (χ3n) is 3.71. The highest BCUT2D eigenvalue weighted by Crippen LogP contribution is 2.24. The van der Waals surface area contributed by atoms with E-state index in [9.17, 15) is 14.8 Å². The summed E-state index contributed by atoms with van der Waals surface area (Å²) in [7, 11) is 0. The summed E-state index contributed by atoms with van der Waals surface area (Å²) in [6.07, 6.45) is 1.91. The Labute approximate surface area is 141 Å². The highest BCUT2D eigenvalue weighted by molar-refractivity contribution is 5.92. The molecule has 1 aromatic heterocycles. The molecule has 2 rings (SSSR count). The molecule has 132 valence electrons. The molecule has 1 saturated heterocycles. The highest BCUT2D eigenvalue weighted by Gasteiger charge is 2.41. The molecule has 0 unspecified atom stereocenters. The van der Waals surface area contributed by atoms with E-state index in [1.54, 1.807) is 9.80 Å². The second kappa shape index (κ2) is 6.26. The lowest BCUT2D eigenvalue weighted by atomic mass is 9.98. The lowest BCUT2D eigenvalue weighted by molar-refractivity contribution is -0.608. The standard InChI is InChI=1S/C16H24N4O4/c1-15(2,3)24-14(22)18-8-9-20(16(4,5)10-18)13(21)12-6-7-19(23)11-17-12/h6-7,11H,8-10H2,1-5H3. The number of aromatic nitrogens is 2. The van der Waals surface area contributed by atoms with Crippen LogP contribution in [-0.4, -0.2) is 57.6 Å². The van der Waals surface area contributed by atoms with E-state index in [0.29, 0.717) is 24.4 Å². The van der Waals surface area contributed by atoms with E-state index in [2.05, 4.69) is 4.98 Å². The predicted molar refractivity (Wildman–Crippen MR) is 86.1 cm³/mol. The van der Waals surface area contributed by atoms with Crippen molar-refractivity contribution in [1.29, 1.82) is 0 Å². The SMILES string of the molecule is CC(C)(C)OC(=O)N1CCN(C(=O)c2cc[n+]([O-])cn2)C(C)(C)C1. The average molecular weight is 336 g/mol. The van der Waals surface area contributed by atoms with Crippen molar-refractivity contribution in [2.24, 2.45) is 0 Å². The highest BCUT2D eigenvalue weighted by atomic mass is 16.6. The topological polar surface area (TPSA) is 89.7 Å². The van der Waals surface area contributed by atoms with Crippen LogP contribution in [0.15, 0.2) is 18.6 Å². The van der Waals surface area contributed by atoms with Gasteiger partial charge in [-0.25, -0.2) is 9.52 Å². The van der Waals surface area contributed by atoms with Gasteiger partial charge in [-0.1, -0.05) is 0 Å². The van der Waals surface area contributed by atoms with Gasteiger partial charge in [0, 0.05) is 25.7 Å². The van der Waals surface area contributed by atoms with E-state index in [4.69, 9.17) is 4.74 Å². The van der Waals surface area contributed by atoms with E-state index in [0.717, 1.165) is 6.33 Å². The van der Waals surface area contributed by atoms with Gasteiger partial charge in [-0.15, -0.1) is 0 Å². The van der Waals surface area contributed by atoms with Gasteiger partial charge in [0.1, 0.15) is 5.60 Å². The fourth-order valence-electron chi connectivity index (χ4n) is 2.62. The molecule has 1 fully saturated rings. The lowest BCUT2D eigenvalue weighted by Gasteiger charge is -2.46. The number of piperazine rings is 1. The molecular formula is C16H24N4O4. The molecular weight excluding hydrogens is 312 g/mol. The normalized spacial score (nSPS) is 17.5. The van der Waals surface area contributed by atoms with E-state index in [1.165, 1.54) is 12.3 Å². The Morgan fingerprint density at radius 2 is 2.00 bits per heavy atom. The zero-order chi connectivity index (χ0) is 18.1. The van der Waals surface area contributed by atoms with Gasteiger partial charge in [0.05, 0.1) is 11.7 Å². The Morgan fingerprint density at radius 3 is 2.50 bits per heavy atom. The second-order valence-corrected chi connectivity index (χ2v) is 7.48. The van der Waals surface area contributed by atoms with Gasteiger partial charge < -0.3 is 19.7 Å². The van der Waals surface area contributed by atoms with Gasteiger partial charge in [-0.2, -0.15) is 0 Å². The van der Waals surface area contributed by atoms with Crippen molar-refractivity contribution in [2.45, 2.75) is 45.8 Å². The fraction of sp³-hybridized carbons (Fsp3) is 0.625. The minimum absolute atomic E-state index is 0.209. The molecule has 1 aromatic rings. The van der Waals surface area contributed by atoms with Crippen LogP contribution in [-0.2, 0) is 4.74 Å². The first-order valence-electron chi connectivity index (χ1n) is 7.84. The number of amides is 2. The molecule has 0 aromatic carbocycles. The zero-order valence-electron chi connectivity index (χ0n) is 14.8. The quantitative estimate of drug-likeness (QED) is 0.567. The number of ether oxygens (including phenoxy) is 1. The molecule has 1 aliphatic heterocycles. The van der Waals surface area contributed by atoms with Crippen LogP contribution in [0.25, 0.3) is 0 Å². The molecule has 0 radical (unpaired) electrons. The van der Waals surface area contributed by atoms with Crippen LogP contribution in [0.2, 0.25) is 0 Å². The Balaban J connectivity index is 2.10. The fourth-order valence-corrected chi connectivity index (χ4v) is 2.62. The molecule has 0 N–H and O–H groups in total. The van der Waals surface area contributed by atoms with Crippen molar-refractivity contribution in [2.75, 3.05) is 19.6 Å². The zero-order valence-corrected chi connectivity index (χ0v) is 14.8. The first-order chi connectivity index (χ1) is 11.0. The Hall–Kier alpha value is -2.38. The minimum Gasteiger partial charge on any atom is -0.711 e. The molecule has 0 spiro atoms. The number of hydrogen-bond donors (Lipinski definition) is 0. The van der Waals surface area contributed by atoms with Crippen LogP contribution in [0.4, 0.5) is 4.79 Å². The van der Waals surface area contributed by atoms with Gasteiger partial charge >= 0.3 is 6.09 Å². The monoisotopic (exact) mass is 336 g/mol. The molecule has 0 atom stereocenters. The predicted octanol–water partition coefficient (Wildman–Crippen LogP) is 1.19. The van der Waals surface area contributed by atoms with Crippen LogP contribution in [0.5, 0.6) is 0 Å². The van der Waals surface area contributed by atoms with E-state index < -0.39 is 11.1 Å². The Morgan fingerprint density at radius 1 is 1.33 bits per heavy atom. The molecule has 8 nitrogen and oxygen atoms in total. The molecule has 2 heterocycles. The first-order valence-corrected chi connectivity index (χ1v) is 7.84. The Bertz CT molecular complexity index is 622. The third kappa shape index (κ3) is 4.12. The molecule has 2 amide bonds. The van der Waals surface area contributed by atoms with Crippen molar-refractivity contribution in [3.8, 4) is 0 Å². The summed E-state index contributed by atoms with van der Waals surface area (Å²) in [5.41, 5.74) is -0.923. The second-order valence-electron chi connectivity index (χ2n) is 7.48. The third-order valence-corrected chi connectivity index (χ3v) is 3.71. The summed E-state index contributed by atoms with van der Waals surface area (Å²) in [5.74, 6) is -0.260. The maximum Gasteiger partial charge on any atom is 0.410 e. The summed E-state index contributed by atoms with van der Waals surface area (Å²) in [4.78, 5) is 32.0. The number of rotatable bonds is 1. The van der Waals surface area contributed by atoms with Gasteiger partial charge in [0.15, 0.2) is 0 Å². The van der Waals surface area contributed by atoms with E-state index in [-0.39, 0.29) is 17.7 Å². The smallest absolute Gasteiger partial charge is 0.410 e. The average Bonchev–Trinajstić information content (AvgIpc) is 2.44. The summed E-state index contributed by atoms with van der Waals surface area (Å²) in [6, 6.07) is 1.39. The van der Waals surface area contributed by atoms with Gasteiger partial charge in [-0.3, -0.25) is 4.79 Å². The lowest BCUT2D eigenvalue weighted by Crippen LogP contribution is -2.62. The molecule has 0 saturated carbocycles. The Kier molecular flexibility index (Phi) is 4.68. The number of nitrogens with zero attached hydrogens (tertiary/aromatic N) is 4. The van der Waals surface area contributed by atoms with Crippen molar-refractivity contribution in [3.05, 3.63) is 29.5 Å². The molecule has 24 heavy (non-hydrogen) atoms. The van der Waals surface area contributed by atoms with Gasteiger partial charge in [0.2, 0.25) is 5.69 Å². The van der Waals surface area contributed by atoms with Crippen molar-refractivity contribution in [1.82, 2.24) is 14.8 Å². The van der Waals surface area contributed by atoms with Crippen LogP contribution < -0.4 is 4.73 Å². The minimum atomic E-state index is -0.572. The van der Waals surface area contributed by atoms with Crippen LogP contribution in [0.1, 0.15) is 45.1 Å².